The number of benzene rings is 1. The van der Waals surface area contributed by atoms with Crippen LogP contribution < -0.4 is 5.32 Å². The van der Waals surface area contributed by atoms with E-state index in [1.807, 2.05) is 37.4 Å². The molecule has 1 saturated heterocycles. The van der Waals surface area contributed by atoms with Gasteiger partial charge in [0.15, 0.2) is 0 Å². The lowest BCUT2D eigenvalue weighted by molar-refractivity contribution is 0.0342. The second kappa shape index (κ2) is 7.81. The van der Waals surface area contributed by atoms with Gasteiger partial charge in [-0.3, -0.25) is 14.1 Å². The largest absolute Gasteiger partial charge is 0.379 e. The molecule has 3 heterocycles. The molecule has 4 rings (SSSR count). The summed E-state index contributed by atoms with van der Waals surface area (Å²) in [6.45, 7) is 6.19. The summed E-state index contributed by atoms with van der Waals surface area (Å²) in [4.78, 5) is 19.2. The van der Waals surface area contributed by atoms with Crippen LogP contribution in [0.2, 0.25) is 0 Å². The van der Waals surface area contributed by atoms with Crippen molar-refractivity contribution in [3.05, 3.63) is 48.5 Å². The minimum absolute atomic E-state index is 0.0642. The normalized spacial score (nSPS) is 16.3. The maximum Gasteiger partial charge on any atom is 0.254 e. The van der Waals surface area contributed by atoms with Crippen molar-refractivity contribution in [1.82, 2.24) is 29.8 Å². The first-order valence-electron chi connectivity index (χ1n) is 9.06. The highest BCUT2D eigenvalue weighted by Gasteiger charge is 2.16. The summed E-state index contributed by atoms with van der Waals surface area (Å²) >= 11 is 0. The van der Waals surface area contributed by atoms with Gasteiger partial charge in [-0.25, -0.2) is 4.98 Å². The Kier molecular flexibility index (Phi) is 5.08. The van der Waals surface area contributed by atoms with Gasteiger partial charge in [0.25, 0.3) is 11.7 Å². The molecule has 1 aliphatic heterocycles. The lowest BCUT2D eigenvalue weighted by Gasteiger charge is -2.29. The van der Waals surface area contributed by atoms with Crippen LogP contribution in [-0.4, -0.2) is 69.3 Å². The molecule has 1 amide bonds. The van der Waals surface area contributed by atoms with Crippen LogP contribution in [0, 0.1) is 0 Å². The molecule has 140 valence electrons. The molecule has 0 bridgehead atoms. The van der Waals surface area contributed by atoms with E-state index in [0.717, 1.165) is 44.0 Å². The van der Waals surface area contributed by atoms with Gasteiger partial charge in [0.2, 0.25) is 0 Å². The second-order valence-electron chi connectivity index (χ2n) is 6.75. The Morgan fingerprint density at radius 3 is 3.00 bits per heavy atom. The predicted molar refractivity (Wildman–Crippen MR) is 100 cm³/mol. The smallest absolute Gasteiger partial charge is 0.254 e. The molecule has 0 saturated carbocycles. The van der Waals surface area contributed by atoms with Crippen molar-refractivity contribution in [2.24, 2.45) is 0 Å². The van der Waals surface area contributed by atoms with E-state index in [4.69, 9.17) is 4.74 Å². The van der Waals surface area contributed by atoms with E-state index in [0.29, 0.717) is 11.3 Å². The number of amides is 1. The Bertz CT molecular complexity index is 935. The third-order valence-electron chi connectivity index (χ3n) is 4.62. The first kappa shape index (κ1) is 17.6. The number of nitrogens with zero attached hydrogens (tertiary/aromatic N) is 5. The van der Waals surface area contributed by atoms with Gasteiger partial charge in [0.1, 0.15) is 6.33 Å². The molecule has 3 aromatic rings. The summed E-state index contributed by atoms with van der Waals surface area (Å²) in [7, 11) is 0. The van der Waals surface area contributed by atoms with Gasteiger partial charge in [-0.2, -0.15) is 0 Å². The third kappa shape index (κ3) is 4.12. The molecule has 1 aliphatic rings. The topological polar surface area (TPSA) is 84.6 Å². The lowest BCUT2D eigenvalue weighted by atomic mass is 10.1. The summed E-state index contributed by atoms with van der Waals surface area (Å²) < 4.78 is 7.12. The Labute approximate surface area is 157 Å². The molecule has 2 aromatic heterocycles. The molecule has 0 spiro atoms. The SMILES string of the molecule is C[C@H](CN1CCOCC1)NC(=O)c1cccc(-c2cnc3nncn3c2)c1. The summed E-state index contributed by atoms with van der Waals surface area (Å²) in [6.07, 6.45) is 5.25. The van der Waals surface area contributed by atoms with E-state index < -0.39 is 0 Å². The lowest BCUT2D eigenvalue weighted by Crippen LogP contribution is -2.46. The zero-order valence-corrected chi connectivity index (χ0v) is 15.2. The monoisotopic (exact) mass is 366 g/mol. The van der Waals surface area contributed by atoms with Crippen molar-refractivity contribution in [3.8, 4) is 11.1 Å². The van der Waals surface area contributed by atoms with Crippen LogP contribution in [0.25, 0.3) is 16.9 Å². The average Bonchev–Trinajstić information content (AvgIpc) is 3.16. The Morgan fingerprint density at radius 2 is 2.15 bits per heavy atom. The van der Waals surface area contributed by atoms with Gasteiger partial charge in [-0.1, -0.05) is 12.1 Å². The fourth-order valence-electron chi connectivity index (χ4n) is 3.24. The summed E-state index contributed by atoms with van der Waals surface area (Å²) in [5.41, 5.74) is 2.45. The summed E-state index contributed by atoms with van der Waals surface area (Å²) in [6, 6.07) is 7.61. The van der Waals surface area contributed by atoms with Crippen molar-refractivity contribution in [1.29, 1.82) is 0 Å². The van der Waals surface area contributed by atoms with Gasteiger partial charge < -0.3 is 10.1 Å². The number of nitrogens with one attached hydrogen (secondary N) is 1. The molecular weight excluding hydrogens is 344 g/mol. The molecule has 27 heavy (non-hydrogen) atoms. The zero-order chi connectivity index (χ0) is 18.6. The molecule has 1 atom stereocenters. The quantitative estimate of drug-likeness (QED) is 0.731. The summed E-state index contributed by atoms with van der Waals surface area (Å²) in [5.74, 6) is 0.473. The Hall–Kier alpha value is -2.84. The molecular formula is C19H22N6O2. The van der Waals surface area contributed by atoms with E-state index in [-0.39, 0.29) is 11.9 Å². The molecule has 1 aromatic carbocycles. The second-order valence-corrected chi connectivity index (χ2v) is 6.75. The van der Waals surface area contributed by atoms with Crippen LogP contribution in [0.3, 0.4) is 0 Å². The Balaban J connectivity index is 1.45. The van der Waals surface area contributed by atoms with Gasteiger partial charge in [0.05, 0.1) is 13.2 Å². The fourth-order valence-corrected chi connectivity index (χ4v) is 3.24. The number of morpholine rings is 1. The number of ether oxygens (including phenoxy) is 1. The predicted octanol–water partition coefficient (Wildman–Crippen LogP) is 1.24. The van der Waals surface area contributed by atoms with E-state index in [2.05, 4.69) is 25.4 Å². The molecule has 0 aliphatic carbocycles. The van der Waals surface area contributed by atoms with Crippen molar-refractivity contribution in [2.75, 3.05) is 32.8 Å². The summed E-state index contributed by atoms with van der Waals surface area (Å²) in [5, 5.41) is 10.8. The van der Waals surface area contributed by atoms with Crippen LogP contribution in [0.4, 0.5) is 0 Å². The van der Waals surface area contributed by atoms with Crippen molar-refractivity contribution >= 4 is 11.7 Å². The van der Waals surface area contributed by atoms with E-state index in [9.17, 15) is 4.79 Å². The molecule has 8 nitrogen and oxygen atoms in total. The standard InChI is InChI=1S/C19H22N6O2/c1-14(11-24-5-7-27-8-6-24)22-18(26)16-4-2-3-15(9-16)17-10-20-19-23-21-13-25(19)12-17/h2-4,9-10,12-14H,5-8,11H2,1H3,(H,22,26)/t14-/m1/s1. The van der Waals surface area contributed by atoms with Crippen LogP contribution in [0.1, 0.15) is 17.3 Å². The highest BCUT2D eigenvalue weighted by Crippen LogP contribution is 2.20. The third-order valence-corrected chi connectivity index (χ3v) is 4.62. The minimum Gasteiger partial charge on any atom is -0.379 e. The first-order valence-corrected chi connectivity index (χ1v) is 9.06. The van der Waals surface area contributed by atoms with Crippen LogP contribution in [0.5, 0.6) is 0 Å². The van der Waals surface area contributed by atoms with Crippen LogP contribution >= 0.6 is 0 Å². The van der Waals surface area contributed by atoms with Gasteiger partial charge >= 0.3 is 0 Å². The maximum absolute atomic E-state index is 12.7. The van der Waals surface area contributed by atoms with E-state index >= 15 is 0 Å². The van der Waals surface area contributed by atoms with Crippen molar-refractivity contribution in [3.63, 3.8) is 0 Å². The molecule has 0 radical (unpaired) electrons. The maximum atomic E-state index is 12.7. The van der Waals surface area contributed by atoms with Gasteiger partial charge in [-0.05, 0) is 24.6 Å². The van der Waals surface area contributed by atoms with Gasteiger partial charge in [0, 0.05) is 49.2 Å². The van der Waals surface area contributed by atoms with Crippen LogP contribution in [-0.2, 0) is 4.74 Å². The van der Waals surface area contributed by atoms with Crippen molar-refractivity contribution in [2.45, 2.75) is 13.0 Å². The van der Waals surface area contributed by atoms with E-state index in [1.165, 1.54) is 0 Å². The number of carbonyl (C=O) groups is 1. The number of rotatable bonds is 5. The molecule has 1 N–H and O–H groups in total. The molecule has 8 heteroatoms. The number of hydrogen-bond donors (Lipinski definition) is 1. The minimum atomic E-state index is -0.0732. The number of carbonyl (C=O) groups excluding carboxylic acids is 1. The zero-order valence-electron chi connectivity index (χ0n) is 15.2. The van der Waals surface area contributed by atoms with Crippen LogP contribution in [0.15, 0.2) is 43.0 Å². The number of aromatic nitrogens is 4. The highest BCUT2D eigenvalue weighted by molar-refractivity contribution is 5.95. The van der Waals surface area contributed by atoms with Crippen molar-refractivity contribution < 1.29 is 9.53 Å². The average molecular weight is 366 g/mol. The molecule has 0 unspecified atom stereocenters. The molecule has 1 fully saturated rings. The highest BCUT2D eigenvalue weighted by atomic mass is 16.5. The first-order chi connectivity index (χ1) is 13.2. The number of fused-ring (bicyclic) bond motifs is 1. The van der Waals surface area contributed by atoms with Gasteiger partial charge in [-0.15, -0.1) is 10.2 Å². The fraction of sp³-hybridized carbons (Fsp3) is 0.368. The Morgan fingerprint density at radius 1 is 1.30 bits per heavy atom. The van der Waals surface area contributed by atoms with E-state index in [1.54, 1.807) is 16.9 Å². The number of hydrogen-bond acceptors (Lipinski definition) is 6.